The van der Waals surface area contributed by atoms with Crippen molar-refractivity contribution >= 4 is 35.7 Å². The Balaban J connectivity index is 2.02. The molecule has 3 rings (SSSR count). The summed E-state index contributed by atoms with van der Waals surface area (Å²) in [5.41, 5.74) is 12.2. The molecule has 0 heterocycles. The van der Waals surface area contributed by atoms with Crippen LogP contribution in [0.25, 0.3) is 0 Å². The van der Waals surface area contributed by atoms with Gasteiger partial charge in [0.2, 0.25) is 11.8 Å². The van der Waals surface area contributed by atoms with E-state index >= 15 is 0 Å². The average molecular weight is 702 g/mol. The van der Waals surface area contributed by atoms with Crippen LogP contribution in [0.15, 0.2) is 91.0 Å². The van der Waals surface area contributed by atoms with Crippen LogP contribution in [-0.2, 0) is 24.7 Å². The quantitative estimate of drug-likeness (QED) is 0.0327. The van der Waals surface area contributed by atoms with Crippen LogP contribution < -0.4 is 38.1 Å². The minimum absolute atomic E-state index is 0.0119. The van der Waals surface area contributed by atoms with Crippen LogP contribution in [0.2, 0.25) is 0 Å². The van der Waals surface area contributed by atoms with Gasteiger partial charge in [0.15, 0.2) is 11.9 Å². The fourth-order valence-electron chi connectivity index (χ4n) is 5.74. The fourth-order valence-corrected chi connectivity index (χ4v) is 5.74. The molecule has 2 amide bonds. The Bertz CT molecular complexity index is 1510. The van der Waals surface area contributed by atoms with Crippen LogP contribution in [0.5, 0.6) is 0 Å². The van der Waals surface area contributed by atoms with Gasteiger partial charge in [-0.05, 0) is 48.8 Å². The molecule has 0 radical (unpaired) electrons. The predicted molar refractivity (Wildman–Crippen MR) is 193 cm³/mol. The van der Waals surface area contributed by atoms with Gasteiger partial charge in [-0.25, -0.2) is 4.79 Å². The molecule has 15 nitrogen and oxygen atoms in total. The van der Waals surface area contributed by atoms with E-state index in [1.165, 1.54) is 0 Å². The topological polar surface area (TPSA) is 269 Å². The number of hydrogen-bond acceptors (Lipinski definition) is 7. The molecule has 0 fully saturated rings. The molecule has 0 saturated carbocycles. The Morgan fingerprint density at radius 2 is 1.00 bits per heavy atom. The van der Waals surface area contributed by atoms with E-state index in [9.17, 15) is 29.4 Å². The lowest BCUT2D eigenvalue weighted by Crippen LogP contribution is -2.59. The van der Waals surface area contributed by atoms with E-state index < -0.39 is 53.8 Å². The first kappa shape index (κ1) is 39.5. The van der Waals surface area contributed by atoms with Crippen molar-refractivity contribution < 1.29 is 29.4 Å². The number of guanidine groups is 2. The number of carboxylic acids is 2. The molecule has 3 aromatic rings. The molecule has 0 bridgehead atoms. The molecule has 0 spiro atoms. The zero-order chi connectivity index (χ0) is 37.2. The zero-order valence-electron chi connectivity index (χ0n) is 28.2. The van der Waals surface area contributed by atoms with Crippen LogP contribution in [0, 0.1) is 10.8 Å². The van der Waals surface area contributed by atoms with Crippen molar-refractivity contribution in [3.63, 3.8) is 0 Å². The molecule has 0 saturated heterocycles. The SMILES string of the molecule is N=C(N)NCCC[C@H](NC(=O)[C@H](CCC(=O)O)NC(=O)[C@H](CCCNC(=N)N)NC(c1ccccc1)(c1ccccc1)c1ccccc1)C(=O)O. The largest absolute Gasteiger partial charge is 0.481 e. The monoisotopic (exact) mass is 701 g/mol. The molecule has 0 unspecified atom stereocenters. The summed E-state index contributed by atoms with van der Waals surface area (Å²) in [7, 11) is 0. The highest BCUT2D eigenvalue weighted by molar-refractivity contribution is 5.92. The second kappa shape index (κ2) is 19.9. The molecule has 0 aliphatic rings. The van der Waals surface area contributed by atoms with Gasteiger partial charge in [0.25, 0.3) is 0 Å². The van der Waals surface area contributed by atoms with Gasteiger partial charge in [-0.2, -0.15) is 0 Å². The second-order valence-corrected chi connectivity index (χ2v) is 11.9. The predicted octanol–water partition coefficient (Wildman–Crippen LogP) is 1.38. The van der Waals surface area contributed by atoms with Gasteiger partial charge in [-0.1, -0.05) is 91.0 Å². The number of rotatable bonds is 21. The molecule has 3 atom stereocenters. The third kappa shape index (κ3) is 12.1. The summed E-state index contributed by atoms with van der Waals surface area (Å²) in [6.07, 6.45) is 0.0487. The number of nitrogens with one attached hydrogen (secondary N) is 7. The molecular formula is C36H47N9O6. The third-order valence-corrected chi connectivity index (χ3v) is 8.19. The number of benzene rings is 3. The lowest BCUT2D eigenvalue weighted by atomic mass is 9.76. The van der Waals surface area contributed by atoms with E-state index in [1.807, 2.05) is 91.0 Å². The highest BCUT2D eigenvalue weighted by Crippen LogP contribution is 2.37. The number of aliphatic carboxylic acids is 2. The minimum Gasteiger partial charge on any atom is -0.481 e. The highest BCUT2D eigenvalue weighted by atomic mass is 16.4. The maximum absolute atomic E-state index is 14.4. The lowest BCUT2D eigenvalue weighted by Gasteiger charge is -2.40. The minimum atomic E-state index is -1.38. The summed E-state index contributed by atoms with van der Waals surface area (Å²) < 4.78 is 0. The van der Waals surface area contributed by atoms with Crippen molar-refractivity contribution in [3.8, 4) is 0 Å². The molecule has 0 aliphatic heterocycles. The van der Waals surface area contributed by atoms with Crippen molar-refractivity contribution in [1.29, 1.82) is 10.8 Å². The number of carbonyl (C=O) groups excluding carboxylic acids is 2. The van der Waals surface area contributed by atoms with Crippen LogP contribution >= 0.6 is 0 Å². The van der Waals surface area contributed by atoms with E-state index in [4.69, 9.17) is 22.3 Å². The second-order valence-electron chi connectivity index (χ2n) is 11.9. The number of hydrogen-bond donors (Lipinski definition) is 11. The maximum atomic E-state index is 14.4. The van der Waals surface area contributed by atoms with Gasteiger partial charge in [0, 0.05) is 19.5 Å². The van der Waals surface area contributed by atoms with Crippen molar-refractivity contribution in [3.05, 3.63) is 108 Å². The summed E-state index contributed by atoms with van der Waals surface area (Å²) >= 11 is 0. The molecule has 272 valence electrons. The number of amides is 2. The normalized spacial score (nSPS) is 12.8. The third-order valence-electron chi connectivity index (χ3n) is 8.19. The first-order valence-electron chi connectivity index (χ1n) is 16.6. The number of carboxylic acid groups (broad SMARTS) is 2. The lowest BCUT2D eigenvalue weighted by molar-refractivity contribution is -0.143. The highest BCUT2D eigenvalue weighted by Gasteiger charge is 2.40. The first-order valence-corrected chi connectivity index (χ1v) is 16.6. The van der Waals surface area contributed by atoms with Crippen molar-refractivity contribution in [2.75, 3.05) is 13.1 Å². The van der Waals surface area contributed by atoms with Crippen LogP contribution in [0.1, 0.15) is 55.2 Å². The van der Waals surface area contributed by atoms with Gasteiger partial charge >= 0.3 is 11.9 Å². The van der Waals surface area contributed by atoms with Crippen molar-refractivity contribution in [1.82, 2.24) is 26.6 Å². The van der Waals surface area contributed by atoms with Gasteiger partial charge < -0.3 is 42.9 Å². The number of nitrogens with two attached hydrogens (primary N) is 2. The standard InChI is InChI=1S/C36H47N9O6/c37-34(38)41-22-10-18-28(32(49)43-27(20-21-30(46)47)31(48)44-29(33(50)51)19-11-23-42-35(39)40)45-36(24-12-4-1-5-13-24,25-14-6-2-7-15-25)26-16-8-3-9-17-26/h1-9,12-17,27-29,45H,10-11,18-23H2,(H,43,49)(H,44,48)(H,46,47)(H,50,51)(H4,37,38,41)(H4,39,40,42)/t27-,28-,29-/m0/s1. The maximum Gasteiger partial charge on any atom is 0.326 e. The van der Waals surface area contributed by atoms with E-state index in [0.717, 1.165) is 16.7 Å². The average Bonchev–Trinajstić information content (AvgIpc) is 3.11. The zero-order valence-corrected chi connectivity index (χ0v) is 28.2. The fraction of sp³-hybridized carbons (Fsp3) is 0.333. The molecule has 0 aromatic heterocycles. The Hall–Kier alpha value is -5.96. The Morgan fingerprint density at radius 1 is 0.608 bits per heavy atom. The summed E-state index contributed by atoms with van der Waals surface area (Å²) in [6.45, 7) is 0.476. The van der Waals surface area contributed by atoms with E-state index in [1.54, 1.807) is 0 Å². The molecule has 13 N–H and O–H groups in total. The summed E-state index contributed by atoms with van der Waals surface area (Å²) in [5, 5.41) is 48.1. The van der Waals surface area contributed by atoms with Crippen molar-refractivity contribution in [2.45, 2.75) is 62.2 Å². The summed E-state index contributed by atoms with van der Waals surface area (Å²) in [6, 6.07) is 25.0. The molecule has 51 heavy (non-hydrogen) atoms. The molecule has 3 aromatic carbocycles. The van der Waals surface area contributed by atoms with Gasteiger partial charge in [-0.15, -0.1) is 0 Å². The van der Waals surface area contributed by atoms with Gasteiger partial charge in [0.05, 0.1) is 11.6 Å². The van der Waals surface area contributed by atoms with Crippen LogP contribution in [-0.4, -0.2) is 77.1 Å². The number of carbonyl (C=O) groups is 4. The van der Waals surface area contributed by atoms with Crippen molar-refractivity contribution in [2.24, 2.45) is 11.5 Å². The van der Waals surface area contributed by atoms with E-state index in [0.29, 0.717) is 6.42 Å². The first-order chi connectivity index (χ1) is 24.4. The molecule has 0 aliphatic carbocycles. The molecular weight excluding hydrogens is 654 g/mol. The summed E-state index contributed by atoms with van der Waals surface area (Å²) in [4.78, 5) is 51.5. The van der Waals surface area contributed by atoms with E-state index in [-0.39, 0.29) is 50.7 Å². The van der Waals surface area contributed by atoms with Gasteiger partial charge in [0.1, 0.15) is 12.1 Å². The molecule has 15 heteroatoms. The summed E-state index contributed by atoms with van der Waals surface area (Å²) in [5.74, 6) is -4.49. The van der Waals surface area contributed by atoms with Gasteiger partial charge in [-0.3, -0.25) is 30.5 Å². The van der Waals surface area contributed by atoms with E-state index in [2.05, 4.69) is 26.6 Å². The van der Waals surface area contributed by atoms with Crippen LogP contribution in [0.4, 0.5) is 0 Å². The Kier molecular flexibility index (Phi) is 15.4. The Morgan fingerprint density at radius 3 is 1.39 bits per heavy atom. The Labute approximate surface area is 296 Å². The smallest absolute Gasteiger partial charge is 0.326 e. The van der Waals surface area contributed by atoms with Crippen LogP contribution in [0.3, 0.4) is 0 Å².